The van der Waals surface area contributed by atoms with Crippen LogP contribution in [0.5, 0.6) is 0 Å². The predicted molar refractivity (Wildman–Crippen MR) is 168 cm³/mol. The van der Waals surface area contributed by atoms with Crippen LogP contribution in [0, 0.1) is 6.92 Å². The summed E-state index contributed by atoms with van der Waals surface area (Å²) < 4.78 is 0. The van der Waals surface area contributed by atoms with Gasteiger partial charge in [-0.25, -0.2) is 14.8 Å². The van der Waals surface area contributed by atoms with Crippen molar-refractivity contribution in [3.63, 3.8) is 0 Å². The summed E-state index contributed by atoms with van der Waals surface area (Å²) in [6.07, 6.45) is 2.63. The molecule has 0 aliphatic rings. The SMILES string of the molecule is Cc1ccc(C(=O)CCCC[C@H](NC(=O)c2ccc(NCc3cnc4nc(N)nc(N)c4n3)c(N)c2)C(=O)O)c(-c2nn[nH]n2)c1. The zero-order valence-electron chi connectivity index (χ0n) is 24.7. The second kappa shape index (κ2) is 13.6. The van der Waals surface area contributed by atoms with Gasteiger partial charge in [-0.05, 0) is 49.2 Å². The van der Waals surface area contributed by atoms with Gasteiger partial charge in [-0.2, -0.15) is 15.2 Å². The number of aromatic nitrogens is 8. The molecule has 1 amide bonds. The summed E-state index contributed by atoms with van der Waals surface area (Å²) in [6, 6.07) is 8.77. The number of benzene rings is 2. The number of unbranched alkanes of at least 4 members (excludes halogenated alkanes) is 1. The highest BCUT2D eigenvalue weighted by Crippen LogP contribution is 2.24. The molecule has 0 saturated carbocycles. The number of aromatic amines is 1. The summed E-state index contributed by atoms with van der Waals surface area (Å²) in [5.74, 6) is -1.49. The molecule has 0 aliphatic carbocycles. The molecule has 3 aromatic heterocycles. The first-order valence-corrected chi connectivity index (χ1v) is 14.2. The number of rotatable bonds is 13. The van der Waals surface area contributed by atoms with Crippen molar-refractivity contribution in [3.05, 3.63) is 65.0 Å². The molecule has 46 heavy (non-hydrogen) atoms. The van der Waals surface area contributed by atoms with E-state index in [2.05, 4.69) is 51.2 Å². The van der Waals surface area contributed by atoms with Crippen molar-refractivity contribution in [2.75, 3.05) is 22.5 Å². The van der Waals surface area contributed by atoms with E-state index in [1.807, 2.05) is 19.1 Å². The lowest BCUT2D eigenvalue weighted by Gasteiger charge is -2.16. The van der Waals surface area contributed by atoms with Gasteiger partial charge in [-0.3, -0.25) is 9.59 Å². The van der Waals surface area contributed by atoms with E-state index in [0.29, 0.717) is 46.7 Å². The maximum absolute atomic E-state index is 13.0. The molecule has 3 heterocycles. The highest BCUT2D eigenvalue weighted by atomic mass is 16.4. The Morgan fingerprint density at radius 3 is 2.59 bits per heavy atom. The van der Waals surface area contributed by atoms with Crippen molar-refractivity contribution in [1.82, 2.24) is 45.9 Å². The highest BCUT2D eigenvalue weighted by molar-refractivity contribution is 6.01. The first-order valence-electron chi connectivity index (χ1n) is 14.2. The monoisotopic (exact) mass is 625 g/mol. The van der Waals surface area contributed by atoms with E-state index in [1.165, 1.54) is 18.3 Å². The molecule has 17 nitrogen and oxygen atoms in total. The number of carbonyl (C=O) groups is 3. The van der Waals surface area contributed by atoms with Crippen molar-refractivity contribution in [3.8, 4) is 11.4 Å². The van der Waals surface area contributed by atoms with E-state index in [9.17, 15) is 19.5 Å². The first-order chi connectivity index (χ1) is 22.1. The second-order valence-electron chi connectivity index (χ2n) is 10.5. The van der Waals surface area contributed by atoms with Gasteiger partial charge in [0.25, 0.3) is 5.91 Å². The van der Waals surface area contributed by atoms with Crippen LogP contribution < -0.4 is 27.8 Å². The van der Waals surface area contributed by atoms with Gasteiger partial charge < -0.3 is 32.9 Å². The molecule has 10 N–H and O–H groups in total. The molecule has 17 heteroatoms. The Balaban J connectivity index is 1.14. The Kier molecular flexibility index (Phi) is 9.20. The van der Waals surface area contributed by atoms with E-state index in [-0.39, 0.29) is 53.8 Å². The molecule has 236 valence electrons. The smallest absolute Gasteiger partial charge is 0.326 e. The fraction of sp³-hybridized carbons (Fsp3) is 0.241. The minimum atomic E-state index is -1.19. The number of nitrogens with two attached hydrogens (primary N) is 3. The molecule has 2 aromatic carbocycles. The summed E-state index contributed by atoms with van der Waals surface area (Å²) in [6.45, 7) is 2.13. The molecule has 0 saturated heterocycles. The number of fused-ring (bicyclic) bond motifs is 1. The van der Waals surface area contributed by atoms with Gasteiger partial charge in [0, 0.05) is 23.1 Å². The molecule has 0 fully saturated rings. The van der Waals surface area contributed by atoms with Crippen LogP contribution in [-0.4, -0.2) is 69.4 Å². The number of amides is 1. The van der Waals surface area contributed by atoms with E-state index in [1.54, 1.807) is 12.1 Å². The Bertz CT molecular complexity index is 1910. The maximum atomic E-state index is 13.0. The number of tetrazole rings is 1. The third-order valence-electron chi connectivity index (χ3n) is 7.09. The molecule has 0 bridgehead atoms. The third kappa shape index (κ3) is 7.26. The predicted octanol–water partition coefficient (Wildman–Crippen LogP) is 1.89. The molecule has 0 spiro atoms. The summed E-state index contributed by atoms with van der Waals surface area (Å²) >= 11 is 0. The number of nitrogen functional groups attached to an aromatic ring is 3. The van der Waals surface area contributed by atoms with Crippen LogP contribution in [-0.2, 0) is 11.3 Å². The Hall–Kier alpha value is -6.26. The number of nitrogens with zero attached hydrogens (tertiary/aromatic N) is 7. The van der Waals surface area contributed by atoms with Gasteiger partial charge in [0.2, 0.25) is 11.8 Å². The number of H-pyrrole nitrogens is 1. The van der Waals surface area contributed by atoms with Crippen LogP contribution >= 0.6 is 0 Å². The van der Waals surface area contributed by atoms with Crippen LogP contribution in [0.15, 0.2) is 42.6 Å². The van der Waals surface area contributed by atoms with Gasteiger partial charge in [0.15, 0.2) is 22.8 Å². The Morgan fingerprint density at radius 1 is 1.02 bits per heavy atom. The van der Waals surface area contributed by atoms with Gasteiger partial charge in [-0.15, -0.1) is 10.2 Å². The van der Waals surface area contributed by atoms with Crippen LogP contribution in [0.3, 0.4) is 0 Å². The molecule has 0 unspecified atom stereocenters. The third-order valence-corrected chi connectivity index (χ3v) is 7.09. The number of Topliss-reactive ketones (excluding diaryl/α,β-unsaturated/α-hetero) is 1. The standard InChI is InChI=1S/C29H31N13O4/c1-14-6-8-17(18(10-14)25-39-41-42-40-25)22(43)5-3-2-4-21(28(45)46)36-27(44)15-7-9-20(19(30)11-15)33-12-16-13-34-26-23(35-16)24(31)37-29(32)38-26/h6-11,13,21,33H,2-5,12,30H2,1H3,(H,36,44)(H,45,46)(H,39,40,41,42)(H4,31,32,34,37,38)/t21-/m0/s1. The lowest BCUT2D eigenvalue weighted by molar-refractivity contribution is -0.139. The lowest BCUT2D eigenvalue weighted by Crippen LogP contribution is -2.40. The molecule has 5 rings (SSSR count). The summed E-state index contributed by atoms with van der Waals surface area (Å²) in [4.78, 5) is 54.3. The number of hydrogen-bond acceptors (Lipinski definition) is 14. The summed E-state index contributed by atoms with van der Waals surface area (Å²) in [7, 11) is 0. The first kappa shape index (κ1) is 31.2. The average molecular weight is 626 g/mol. The van der Waals surface area contributed by atoms with E-state index in [0.717, 1.165) is 5.56 Å². The Labute approximate surface area is 261 Å². The normalized spacial score (nSPS) is 11.7. The van der Waals surface area contributed by atoms with E-state index in [4.69, 9.17) is 17.2 Å². The van der Waals surface area contributed by atoms with Gasteiger partial charge in [-0.1, -0.05) is 24.1 Å². The molecule has 1 atom stereocenters. The number of hydrogen-bond donors (Lipinski definition) is 7. The largest absolute Gasteiger partial charge is 0.480 e. The Morgan fingerprint density at radius 2 is 1.85 bits per heavy atom. The number of nitrogens with one attached hydrogen (secondary N) is 3. The van der Waals surface area contributed by atoms with Crippen molar-refractivity contribution < 1.29 is 19.5 Å². The number of ketones is 1. The molecule has 5 aromatic rings. The average Bonchev–Trinajstić information content (AvgIpc) is 3.57. The lowest BCUT2D eigenvalue weighted by atomic mass is 9.97. The van der Waals surface area contributed by atoms with Crippen molar-refractivity contribution in [2.45, 2.75) is 45.2 Å². The molecular formula is C29H31N13O4. The van der Waals surface area contributed by atoms with Gasteiger partial charge in [0.1, 0.15) is 6.04 Å². The van der Waals surface area contributed by atoms with Gasteiger partial charge >= 0.3 is 5.97 Å². The van der Waals surface area contributed by atoms with Crippen LogP contribution in [0.4, 0.5) is 23.1 Å². The minimum absolute atomic E-state index is 0.000811. The van der Waals surface area contributed by atoms with Gasteiger partial charge in [0.05, 0.1) is 29.8 Å². The van der Waals surface area contributed by atoms with E-state index < -0.39 is 17.9 Å². The summed E-state index contributed by atoms with van der Waals surface area (Å²) in [5.41, 5.74) is 21.7. The number of aliphatic carboxylic acids is 1. The molecular weight excluding hydrogens is 594 g/mol. The zero-order valence-corrected chi connectivity index (χ0v) is 24.7. The van der Waals surface area contributed by atoms with E-state index >= 15 is 0 Å². The zero-order chi connectivity index (χ0) is 32.8. The quantitative estimate of drug-likeness (QED) is 0.0558. The molecule has 0 aliphatic heterocycles. The number of carbonyl (C=O) groups excluding carboxylic acids is 2. The van der Waals surface area contributed by atoms with Crippen molar-refractivity contribution >= 4 is 52.0 Å². The number of anilines is 4. The summed E-state index contributed by atoms with van der Waals surface area (Å²) in [5, 5.41) is 29.3. The second-order valence-corrected chi connectivity index (χ2v) is 10.5. The number of carboxylic acids is 1. The molecule has 0 radical (unpaired) electrons. The topological polar surface area (TPSA) is 280 Å². The van der Waals surface area contributed by atoms with Crippen molar-refractivity contribution in [1.29, 1.82) is 0 Å². The fourth-order valence-corrected chi connectivity index (χ4v) is 4.75. The maximum Gasteiger partial charge on any atom is 0.326 e. The number of carboxylic acid groups (broad SMARTS) is 1. The van der Waals surface area contributed by atoms with Crippen molar-refractivity contribution in [2.24, 2.45) is 0 Å². The number of aryl methyl sites for hydroxylation is 1. The van der Waals surface area contributed by atoms with Crippen LogP contribution in [0.2, 0.25) is 0 Å². The van der Waals surface area contributed by atoms with Crippen LogP contribution in [0.25, 0.3) is 22.6 Å². The van der Waals surface area contributed by atoms with Crippen LogP contribution in [0.1, 0.15) is 57.7 Å². The fourth-order valence-electron chi connectivity index (χ4n) is 4.75. The highest BCUT2D eigenvalue weighted by Gasteiger charge is 2.22. The minimum Gasteiger partial charge on any atom is -0.480 e.